The Labute approximate surface area is 287 Å². The summed E-state index contributed by atoms with van der Waals surface area (Å²) in [5.74, 6) is 2.55. The van der Waals surface area contributed by atoms with Gasteiger partial charge < -0.3 is 0 Å². The number of rotatable bonds is 6. The zero-order valence-corrected chi connectivity index (χ0v) is 27.0. The maximum Gasteiger partial charge on any atom is 0.164 e. The van der Waals surface area contributed by atoms with Gasteiger partial charge in [-0.05, 0) is 29.3 Å². The molecular formula is C43H27N5S. The second-order valence-corrected chi connectivity index (χ2v) is 12.8. The summed E-state index contributed by atoms with van der Waals surface area (Å²) in [6, 6.07) is 55.8. The van der Waals surface area contributed by atoms with Gasteiger partial charge in [0.05, 0.1) is 15.9 Å². The molecular weight excluding hydrogens is 619 g/mol. The first-order chi connectivity index (χ1) is 24.3. The molecule has 9 rings (SSSR count). The van der Waals surface area contributed by atoms with Crippen LogP contribution in [0.2, 0.25) is 0 Å². The molecule has 0 aliphatic carbocycles. The van der Waals surface area contributed by atoms with Gasteiger partial charge in [-0.2, -0.15) is 0 Å². The molecule has 0 bridgehead atoms. The number of benzene rings is 6. The minimum Gasteiger partial charge on any atom is -0.226 e. The summed E-state index contributed by atoms with van der Waals surface area (Å²) in [4.78, 5) is 25.3. The van der Waals surface area contributed by atoms with Gasteiger partial charge >= 0.3 is 0 Å². The molecule has 0 atom stereocenters. The molecule has 0 N–H and O–H groups in total. The number of nitrogens with zero attached hydrogens (tertiary/aromatic N) is 5. The van der Waals surface area contributed by atoms with Crippen molar-refractivity contribution >= 4 is 31.6 Å². The third-order valence-corrected chi connectivity index (χ3v) is 9.71. The van der Waals surface area contributed by atoms with Gasteiger partial charge in [-0.1, -0.05) is 146 Å². The highest BCUT2D eigenvalue weighted by Gasteiger charge is 2.18. The Kier molecular flexibility index (Phi) is 7.26. The lowest BCUT2D eigenvalue weighted by atomic mass is 10.0. The van der Waals surface area contributed by atoms with Gasteiger partial charge in [0.1, 0.15) is 0 Å². The summed E-state index contributed by atoms with van der Waals surface area (Å²) in [6.07, 6.45) is 0. The molecule has 0 radical (unpaired) electrons. The maximum atomic E-state index is 5.28. The lowest BCUT2D eigenvalue weighted by Crippen LogP contribution is -2.00. The fraction of sp³-hybridized carbons (Fsp3) is 0. The van der Waals surface area contributed by atoms with Crippen molar-refractivity contribution in [3.05, 3.63) is 164 Å². The van der Waals surface area contributed by atoms with Crippen LogP contribution in [0.5, 0.6) is 0 Å². The van der Waals surface area contributed by atoms with E-state index in [0.717, 1.165) is 60.2 Å². The Hall–Kier alpha value is -6.37. The zero-order chi connectivity index (χ0) is 32.6. The fourth-order valence-electron chi connectivity index (χ4n) is 6.13. The molecule has 0 saturated heterocycles. The molecule has 5 nitrogen and oxygen atoms in total. The number of hydrogen-bond donors (Lipinski definition) is 0. The molecule has 0 spiro atoms. The fourth-order valence-corrected chi connectivity index (χ4v) is 7.28. The quantitative estimate of drug-likeness (QED) is 0.180. The smallest absolute Gasteiger partial charge is 0.164 e. The highest BCUT2D eigenvalue weighted by atomic mass is 32.1. The minimum atomic E-state index is 0.604. The first-order valence-electron chi connectivity index (χ1n) is 16.1. The Morgan fingerprint density at radius 2 is 0.776 bits per heavy atom. The van der Waals surface area contributed by atoms with Gasteiger partial charge in [-0.15, -0.1) is 11.3 Å². The van der Waals surface area contributed by atoms with Crippen LogP contribution in [0.25, 0.3) is 88.2 Å². The summed E-state index contributed by atoms with van der Waals surface area (Å²) in [7, 11) is 0. The first-order valence-corrected chi connectivity index (χ1v) is 16.9. The molecule has 230 valence electrons. The molecule has 0 fully saturated rings. The van der Waals surface area contributed by atoms with E-state index in [-0.39, 0.29) is 0 Å². The average molecular weight is 646 g/mol. The van der Waals surface area contributed by atoms with Gasteiger partial charge in [0.15, 0.2) is 23.3 Å². The van der Waals surface area contributed by atoms with Crippen LogP contribution in [0.1, 0.15) is 0 Å². The van der Waals surface area contributed by atoms with Gasteiger partial charge in [-0.3, -0.25) is 0 Å². The van der Waals surface area contributed by atoms with Gasteiger partial charge in [-0.25, -0.2) is 24.9 Å². The van der Waals surface area contributed by atoms with Crippen LogP contribution in [0, 0.1) is 0 Å². The lowest BCUT2D eigenvalue weighted by Gasteiger charge is -2.11. The number of hydrogen-bond acceptors (Lipinski definition) is 6. The molecule has 0 aliphatic rings. The molecule has 0 saturated carbocycles. The van der Waals surface area contributed by atoms with Crippen LogP contribution in [0.4, 0.5) is 0 Å². The van der Waals surface area contributed by atoms with Crippen molar-refractivity contribution in [1.82, 2.24) is 24.9 Å². The van der Waals surface area contributed by atoms with Crippen LogP contribution in [0.3, 0.4) is 0 Å². The van der Waals surface area contributed by atoms with Crippen molar-refractivity contribution in [3.8, 4) is 67.9 Å². The standard InChI is InChI=1S/C43H27N5S/c1-4-14-28(15-5-1)31-20-12-22-33(26-31)42-44-37(39-38(45-42)35-24-10-11-25-36(35)49-39)32-21-13-23-34(27-32)43-47-40(29-16-6-2-7-17-29)46-41(48-43)30-18-8-3-9-19-30/h1-27H. The average Bonchev–Trinajstić information content (AvgIpc) is 3.57. The second kappa shape index (κ2) is 12.3. The predicted molar refractivity (Wildman–Crippen MR) is 201 cm³/mol. The number of fused-ring (bicyclic) bond motifs is 3. The molecule has 0 unspecified atom stereocenters. The van der Waals surface area contributed by atoms with Gasteiger partial charge in [0.2, 0.25) is 0 Å². The Bertz CT molecular complexity index is 2540. The Morgan fingerprint density at radius 1 is 0.327 bits per heavy atom. The minimum absolute atomic E-state index is 0.604. The van der Waals surface area contributed by atoms with Crippen molar-refractivity contribution < 1.29 is 0 Å². The molecule has 9 aromatic rings. The summed E-state index contributed by atoms with van der Waals surface area (Å²) < 4.78 is 2.23. The Morgan fingerprint density at radius 3 is 1.41 bits per heavy atom. The van der Waals surface area contributed by atoms with E-state index in [1.807, 2.05) is 66.7 Å². The second-order valence-electron chi connectivity index (χ2n) is 11.7. The lowest BCUT2D eigenvalue weighted by molar-refractivity contribution is 1.07. The van der Waals surface area contributed by atoms with Crippen molar-refractivity contribution in [2.24, 2.45) is 0 Å². The van der Waals surface area contributed by atoms with Crippen LogP contribution < -0.4 is 0 Å². The topological polar surface area (TPSA) is 64.5 Å². The van der Waals surface area contributed by atoms with E-state index in [2.05, 4.69) is 97.1 Å². The van der Waals surface area contributed by atoms with E-state index < -0.39 is 0 Å². The van der Waals surface area contributed by atoms with E-state index in [4.69, 9.17) is 24.9 Å². The first kappa shape index (κ1) is 28.8. The number of thiophene rings is 1. The molecule has 3 heterocycles. The van der Waals surface area contributed by atoms with Crippen LogP contribution in [0.15, 0.2) is 164 Å². The third-order valence-electron chi connectivity index (χ3n) is 8.54. The highest BCUT2D eigenvalue weighted by Crippen LogP contribution is 2.40. The monoisotopic (exact) mass is 645 g/mol. The van der Waals surface area contributed by atoms with Crippen molar-refractivity contribution in [2.45, 2.75) is 0 Å². The van der Waals surface area contributed by atoms with E-state index in [0.29, 0.717) is 23.3 Å². The maximum absolute atomic E-state index is 5.28. The van der Waals surface area contributed by atoms with Gasteiger partial charge in [0.25, 0.3) is 0 Å². The van der Waals surface area contributed by atoms with E-state index in [1.165, 1.54) is 4.70 Å². The van der Waals surface area contributed by atoms with Crippen LogP contribution in [-0.2, 0) is 0 Å². The van der Waals surface area contributed by atoms with Crippen molar-refractivity contribution in [3.63, 3.8) is 0 Å². The predicted octanol–water partition coefficient (Wildman–Crippen LogP) is 11.0. The Balaban J connectivity index is 1.23. The van der Waals surface area contributed by atoms with E-state index in [1.54, 1.807) is 11.3 Å². The number of aromatic nitrogens is 5. The molecule has 6 heteroatoms. The van der Waals surface area contributed by atoms with Crippen molar-refractivity contribution in [1.29, 1.82) is 0 Å². The normalized spacial score (nSPS) is 11.3. The van der Waals surface area contributed by atoms with Crippen molar-refractivity contribution in [2.75, 3.05) is 0 Å². The van der Waals surface area contributed by atoms with Crippen LogP contribution >= 0.6 is 11.3 Å². The highest BCUT2D eigenvalue weighted by molar-refractivity contribution is 7.26. The molecule has 49 heavy (non-hydrogen) atoms. The summed E-state index contributed by atoms with van der Waals surface area (Å²) >= 11 is 1.72. The zero-order valence-electron chi connectivity index (χ0n) is 26.2. The molecule has 0 aliphatic heterocycles. The summed E-state index contributed by atoms with van der Waals surface area (Å²) in [5.41, 5.74) is 8.81. The molecule has 6 aromatic carbocycles. The molecule has 3 aromatic heterocycles. The summed E-state index contributed by atoms with van der Waals surface area (Å²) in [6.45, 7) is 0. The summed E-state index contributed by atoms with van der Waals surface area (Å²) in [5, 5.41) is 1.13. The van der Waals surface area contributed by atoms with E-state index >= 15 is 0 Å². The van der Waals surface area contributed by atoms with E-state index in [9.17, 15) is 0 Å². The SMILES string of the molecule is c1ccc(-c2cccc(-c3nc(-c4cccc(-c5nc(-c6ccccc6)nc(-c6ccccc6)n5)c4)c4sc5ccccc5c4n3)c2)cc1. The largest absolute Gasteiger partial charge is 0.226 e. The van der Waals surface area contributed by atoms with Gasteiger partial charge in [0, 0.05) is 37.9 Å². The van der Waals surface area contributed by atoms with Crippen LogP contribution in [-0.4, -0.2) is 24.9 Å². The molecule has 0 amide bonds. The third kappa shape index (κ3) is 5.54.